The molecule has 0 aliphatic heterocycles. The number of pyridine rings is 1. The predicted octanol–water partition coefficient (Wildman–Crippen LogP) is 4.66. The van der Waals surface area contributed by atoms with Crippen LogP contribution in [0.4, 0.5) is 0 Å². The lowest BCUT2D eigenvalue weighted by Crippen LogP contribution is -2.11. The summed E-state index contributed by atoms with van der Waals surface area (Å²) in [6.07, 6.45) is 4.91. The van der Waals surface area contributed by atoms with Gasteiger partial charge in [0.2, 0.25) is 0 Å². The molecule has 1 aliphatic rings. The van der Waals surface area contributed by atoms with Gasteiger partial charge in [-0.1, -0.05) is 12.1 Å². The van der Waals surface area contributed by atoms with Crippen LogP contribution in [0.25, 0.3) is 10.7 Å². The SMILES string of the molecule is Cc1cc(C#N)cc(C2CCc3nc(-c4ccccn4)sc3C2)c1. The predicted molar refractivity (Wildman–Crippen MR) is 96.0 cm³/mol. The van der Waals surface area contributed by atoms with Crippen molar-refractivity contribution >= 4 is 11.3 Å². The van der Waals surface area contributed by atoms with Crippen LogP contribution in [0.1, 0.15) is 39.6 Å². The zero-order chi connectivity index (χ0) is 16.5. The first-order valence-electron chi connectivity index (χ1n) is 8.14. The maximum absolute atomic E-state index is 9.21. The molecule has 0 fully saturated rings. The Balaban J connectivity index is 1.64. The highest BCUT2D eigenvalue weighted by Gasteiger charge is 2.24. The largest absolute Gasteiger partial charge is 0.254 e. The van der Waals surface area contributed by atoms with Crippen molar-refractivity contribution < 1.29 is 0 Å². The van der Waals surface area contributed by atoms with Crippen LogP contribution < -0.4 is 0 Å². The van der Waals surface area contributed by atoms with Crippen molar-refractivity contribution in [3.8, 4) is 16.8 Å². The van der Waals surface area contributed by atoms with Crippen LogP contribution in [0.5, 0.6) is 0 Å². The maximum Gasteiger partial charge on any atom is 0.142 e. The van der Waals surface area contributed by atoms with E-state index in [1.165, 1.54) is 16.1 Å². The zero-order valence-electron chi connectivity index (χ0n) is 13.5. The number of aryl methyl sites for hydroxylation is 2. The molecule has 0 saturated heterocycles. The summed E-state index contributed by atoms with van der Waals surface area (Å²) >= 11 is 1.76. The third kappa shape index (κ3) is 2.83. The summed E-state index contributed by atoms with van der Waals surface area (Å²) in [5.74, 6) is 0.474. The van der Waals surface area contributed by atoms with Crippen LogP contribution >= 0.6 is 11.3 Å². The van der Waals surface area contributed by atoms with Gasteiger partial charge in [0.25, 0.3) is 0 Å². The van der Waals surface area contributed by atoms with E-state index in [1.807, 2.05) is 36.5 Å². The molecular formula is C20H17N3S. The molecule has 0 N–H and O–H groups in total. The molecular weight excluding hydrogens is 314 g/mol. The van der Waals surface area contributed by atoms with Gasteiger partial charge in [-0.05, 0) is 67.5 Å². The van der Waals surface area contributed by atoms with Crippen molar-refractivity contribution in [3.05, 3.63) is 69.9 Å². The van der Waals surface area contributed by atoms with Crippen LogP contribution in [0.2, 0.25) is 0 Å². The van der Waals surface area contributed by atoms with Crippen molar-refractivity contribution in [2.75, 3.05) is 0 Å². The number of benzene rings is 1. The van der Waals surface area contributed by atoms with Gasteiger partial charge in [0, 0.05) is 11.1 Å². The molecule has 24 heavy (non-hydrogen) atoms. The Bertz CT molecular complexity index is 922. The van der Waals surface area contributed by atoms with E-state index >= 15 is 0 Å². The van der Waals surface area contributed by atoms with E-state index in [0.29, 0.717) is 5.92 Å². The van der Waals surface area contributed by atoms with E-state index < -0.39 is 0 Å². The number of aromatic nitrogens is 2. The van der Waals surface area contributed by atoms with Crippen LogP contribution in [0.15, 0.2) is 42.6 Å². The minimum absolute atomic E-state index is 0.474. The Morgan fingerprint density at radius 3 is 2.96 bits per heavy atom. The molecule has 4 rings (SSSR count). The summed E-state index contributed by atoms with van der Waals surface area (Å²) in [4.78, 5) is 10.6. The minimum Gasteiger partial charge on any atom is -0.254 e. The standard InChI is InChI=1S/C20H17N3S/c1-13-8-14(12-21)10-16(9-13)15-5-6-17-19(11-15)24-20(23-17)18-4-2-3-7-22-18/h2-4,7-10,15H,5-6,11H2,1H3. The van der Waals surface area contributed by atoms with Gasteiger partial charge in [0.1, 0.15) is 5.01 Å². The minimum atomic E-state index is 0.474. The number of nitrogens with zero attached hydrogens (tertiary/aromatic N) is 3. The lowest BCUT2D eigenvalue weighted by atomic mass is 9.84. The first-order chi connectivity index (χ1) is 11.7. The molecule has 3 aromatic rings. The van der Waals surface area contributed by atoms with Crippen molar-refractivity contribution in [2.45, 2.75) is 32.1 Å². The highest BCUT2D eigenvalue weighted by atomic mass is 32.1. The molecule has 118 valence electrons. The van der Waals surface area contributed by atoms with Crippen molar-refractivity contribution in [1.82, 2.24) is 9.97 Å². The summed E-state index contributed by atoms with van der Waals surface area (Å²) in [5.41, 5.74) is 5.38. The average Bonchev–Trinajstić information content (AvgIpc) is 3.05. The molecule has 0 bridgehead atoms. The summed E-state index contributed by atoms with van der Waals surface area (Å²) in [5, 5.41) is 10.2. The Hall–Kier alpha value is -2.51. The van der Waals surface area contributed by atoms with E-state index in [2.05, 4.69) is 24.0 Å². The lowest BCUT2D eigenvalue weighted by Gasteiger charge is -2.22. The quantitative estimate of drug-likeness (QED) is 0.686. The number of nitriles is 1. The van der Waals surface area contributed by atoms with E-state index in [9.17, 15) is 5.26 Å². The second kappa shape index (κ2) is 6.18. The van der Waals surface area contributed by atoms with Crippen LogP contribution in [-0.2, 0) is 12.8 Å². The summed E-state index contributed by atoms with van der Waals surface area (Å²) < 4.78 is 0. The van der Waals surface area contributed by atoms with Gasteiger partial charge in [-0.15, -0.1) is 11.3 Å². The number of fused-ring (bicyclic) bond motifs is 1. The molecule has 2 aromatic heterocycles. The molecule has 0 spiro atoms. The monoisotopic (exact) mass is 331 g/mol. The maximum atomic E-state index is 9.21. The number of thiazole rings is 1. The van der Waals surface area contributed by atoms with Crippen LogP contribution in [0.3, 0.4) is 0 Å². The van der Waals surface area contributed by atoms with Crippen molar-refractivity contribution in [2.24, 2.45) is 0 Å². The number of hydrogen-bond acceptors (Lipinski definition) is 4. The molecule has 1 aliphatic carbocycles. The third-order valence-corrected chi connectivity index (χ3v) is 5.67. The topological polar surface area (TPSA) is 49.6 Å². The van der Waals surface area contributed by atoms with E-state index in [1.54, 1.807) is 11.3 Å². The van der Waals surface area contributed by atoms with E-state index in [4.69, 9.17) is 4.98 Å². The van der Waals surface area contributed by atoms with Crippen LogP contribution in [0, 0.1) is 18.3 Å². The zero-order valence-corrected chi connectivity index (χ0v) is 14.3. The Morgan fingerprint density at radius 2 is 2.17 bits per heavy atom. The summed E-state index contributed by atoms with van der Waals surface area (Å²) in [7, 11) is 0. The normalized spacial score (nSPS) is 16.4. The van der Waals surface area contributed by atoms with Crippen molar-refractivity contribution in [3.63, 3.8) is 0 Å². The smallest absolute Gasteiger partial charge is 0.142 e. The van der Waals surface area contributed by atoms with E-state index in [0.717, 1.165) is 41.1 Å². The molecule has 0 radical (unpaired) electrons. The lowest BCUT2D eigenvalue weighted by molar-refractivity contribution is 0.584. The number of rotatable bonds is 2. The van der Waals surface area contributed by atoms with Gasteiger partial charge in [0.05, 0.1) is 23.0 Å². The summed E-state index contributed by atoms with van der Waals surface area (Å²) in [6, 6.07) is 14.4. The number of hydrogen-bond donors (Lipinski definition) is 0. The fourth-order valence-corrected chi connectivity index (χ4v) is 4.54. The van der Waals surface area contributed by atoms with Gasteiger partial charge in [-0.3, -0.25) is 4.98 Å². The van der Waals surface area contributed by atoms with Gasteiger partial charge < -0.3 is 0 Å². The second-order valence-electron chi connectivity index (χ2n) is 6.29. The molecule has 2 heterocycles. The molecule has 0 amide bonds. The third-order valence-electron chi connectivity index (χ3n) is 4.52. The molecule has 4 heteroatoms. The Kier molecular flexibility index (Phi) is 3.87. The molecule has 3 nitrogen and oxygen atoms in total. The molecule has 1 unspecified atom stereocenters. The average molecular weight is 331 g/mol. The second-order valence-corrected chi connectivity index (χ2v) is 7.37. The molecule has 0 saturated carbocycles. The van der Waals surface area contributed by atoms with Crippen molar-refractivity contribution in [1.29, 1.82) is 5.26 Å². The van der Waals surface area contributed by atoms with Gasteiger partial charge in [0.15, 0.2) is 0 Å². The Morgan fingerprint density at radius 1 is 1.25 bits per heavy atom. The van der Waals surface area contributed by atoms with Crippen LogP contribution in [-0.4, -0.2) is 9.97 Å². The van der Waals surface area contributed by atoms with E-state index in [-0.39, 0.29) is 0 Å². The van der Waals surface area contributed by atoms with Gasteiger partial charge in [-0.25, -0.2) is 4.98 Å². The fraction of sp³-hybridized carbons (Fsp3) is 0.250. The molecule has 1 atom stereocenters. The van der Waals surface area contributed by atoms with Gasteiger partial charge >= 0.3 is 0 Å². The highest BCUT2D eigenvalue weighted by Crippen LogP contribution is 2.38. The highest BCUT2D eigenvalue weighted by molar-refractivity contribution is 7.15. The summed E-state index contributed by atoms with van der Waals surface area (Å²) in [6.45, 7) is 2.06. The molecule has 1 aromatic carbocycles. The first kappa shape index (κ1) is 15.0. The fourth-order valence-electron chi connectivity index (χ4n) is 3.37. The van der Waals surface area contributed by atoms with Gasteiger partial charge in [-0.2, -0.15) is 5.26 Å². The first-order valence-corrected chi connectivity index (χ1v) is 8.96. The Labute approximate surface area is 145 Å².